The number of urea groups is 1. The summed E-state index contributed by atoms with van der Waals surface area (Å²) in [4.78, 5) is 37.4. The lowest BCUT2D eigenvalue weighted by atomic mass is 9.39. The number of thiazole rings is 1. The van der Waals surface area contributed by atoms with Gasteiger partial charge in [-0.2, -0.15) is 5.10 Å². The number of aryl methyl sites for hydroxylation is 1. The number of pyridine rings is 1. The number of hydrogen-bond acceptors (Lipinski definition) is 7. The van der Waals surface area contributed by atoms with Crippen LogP contribution in [-0.2, 0) is 17.7 Å². The number of carboxylic acids is 1. The first kappa shape index (κ1) is 33.2. The molecule has 0 saturated heterocycles. The number of carbonyl (C=O) groups excluding carboxylic acids is 1. The molecule has 268 valence electrons. The number of amides is 2. The van der Waals surface area contributed by atoms with E-state index in [0.717, 1.165) is 89.8 Å². The number of benzene rings is 2. The number of hydrogen-bond donors (Lipinski definition) is 2. The van der Waals surface area contributed by atoms with Crippen LogP contribution in [0.2, 0.25) is 0 Å². The topological polar surface area (TPSA) is 122 Å². The van der Waals surface area contributed by atoms with E-state index in [9.17, 15) is 14.7 Å². The van der Waals surface area contributed by atoms with Gasteiger partial charge in [0, 0.05) is 48.3 Å². The zero-order valence-corrected chi connectivity index (χ0v) is 31.0. The van der Waals surface area contributed by atoms with Gasteiger partial charge < -0.3 is 9.84 Å². The van der Waals surface area contributed by atoms with Crippen molar-refractivity contribution in [3.05, 3.63) is 77.7 Å². The average Bonchev–Trinajstić information content (AvgIpc) is 3.67. The number of ether oxygens (including phenoxy) is 1. The summed E-state index contributed by atoms with van der Waals surface area (Å²) in [7, 11) is 1.89. The van der Waals surface area contributed by atoms with Crippen molar-refractivity contribution in [2.24, 2.45) is 16.2 Å². The number of para-hydroxylation sites is 1. The van der Waals surface area contributed by atoms with Gasteiger partial charge in [-0.15, -0.1) is 0 Å². The molecule has 1 aliphatic heterocycles. The lowest BCUT2D eigenvalue weighted by Gasteiger charge is -2.69. The van der Waals surface area contributed by atoms with E-state index >= 15 is 0 Å². The quantitative estimate of drug-likeness (QED) is 0.172. The molecule has 5 aliphatic rings. The molecular formula is C41H44N6O4S. The molecule has 4 bridgehead atoms. The van der Waals surface area contributed by atoms with Crippen LogP contribution < -0.4 is 10.2 Å². The van der Waals surface area contributed by atoms with Gasteiger partial charge in [0.1, 0.15) is 0 Å². The maximum Gasteiger partial charge on any atom is 0.355 e. The summed E-state index contributed by atoms with van der Waals surface area (Å²) < 4.78 is 9.40. The first-order chi connectivity index (χ1) is 24.9. The molecule has 4 saturated carbocycles. The van der Waals surface area contributed by atoms with Crippen LogP contribution in [0.1, 0.15) is 80.5 Å². The SMILES string of the molecule is COC12CC3(C)CC(C)(CC(Cn4ncc(-c5ccc(-c6ccc7c(c6)N(C(=O)Nc6nc8ccccc8s6)CCC7)nc5C(=O)O)c4C)(C3)C1)C2. The van der Waals surface area contributed by atoms with E-state index in [1.807, 2.05) is 68.6 Å². The van der Waals surface area contributed by atoms with E-state index in [1.165, 1.54) is 17.8 Å². The fourth-order valence-corrected chi connectivity index (χ4v) is 12.3. The fraction of sp³-hybridized carbons (Fsp3) is 0.439. The second-order valence-corrected chi connectivity index (χ2v) is 17.8. The van der Waals surface area contributed by atoms with E-state index in [-0.39, 0.29) is 33.6 Å². The molecular weight excluding hydrogens is 673 g/mol. The molecule has 4 heterocycles. The smallest absolute Gasteiger partial charge is 0.355 e. The summed E-state index contributed by atoms with van der Waals surface area (Å²) >= 11 is 1.44. The van der Waals surface area contributed by atoms with Crippen LogP contribution >= 0.6 is 11.3 Å². The van der Waals surface area contributed by atoms with Crippen LogP contribution in [0, 0.1) is 23.2 Å². The van der Waals surface area contributed by atoms with Crippen LogP contribution in [0.5, 0.6) is 0 Å². The van der Waals surface area contributed by atoms with Crippen molar-refractivity contribution < 1.29 is 19.4 Å². The average molecular weight is 717 g/mol. The first-order valence-electron chi connectivity index (χ1n) is 18.3. The van der Waals surface area contributed by atoms with Crippen molar-refractivity contribution in [1.29, 1.82) is 0 Å². The summed E-state index contributed by atoms with van der Waals surface area (Å²) in [6, 6.07) is 17.2. The molecule has 52 heavy (non-hydrogen) atoms. The van der Waals surface area contributed by atoms with Gasteiger partial charge in [-0.05, 0) is 110 Å². The summed E-state index contributed by atoms with van der Waals surface area (Å²) in [5, 5.41) is 18.9. The molecule has 5 aromatic rings. The molecule has 11 heteroatoms. The molecule has 3 aromatic heterocycles. The van der Waals surface area contributed by atoms with Crippen LogP contribution in [-0.4, -0.2) is 56.1 Å². The standard InChI is InChI=1S/C41H44N6O4S/c1-25-29(17-42-47(25)24-40-19-38(2)18-39(3,20-40)22-41(21-38,23-40)51-4)28-13-14-30(43-34(28)35(48)49)27-12-11-26-8-7-15-46(32(26)16-27)37(50)45-36-44-31-9-5-6-10-33(31)52-36/h5-6,9-14,16-17H,7-8,15,18-24H2,1-4H3,(H,48,49)(H,44,45,50). The number of fused-ring (bicyclic) bond motifs is 2. The largest absolute Gasteiger partial charge is 0.476 e. The van der Waals surface area contributed by atoms with Gasteiger partial charge in [-0.3, -0.25) is 14.9 Å². The Morgan fingerprint density at radius 2 is 1.75 bits per heavy atom. The maximum atomic E-state index is 13.6. The minimum atomic E-state index is -1.09. The molecule has 10 nitrogen and oxygen atoms in total. The van der Waals surface area contributed by atoms with Gasteiger partial charge in [-0.1, -0.05) is 49.4 Å². The van der Waals surface area contributed by atoms with E-state index < -0.39 is 5.97 Å². The molecule has 2 N–H and O–H groups in total. The summed E-state index contributed by atoms with van der Waals surface area (Å²) in [5.41, 5.74) is 6.77. The number of aromatic carboxylic acids is 1. The number of rotatable bonds is 7. The predicted octanol–water partition coefficient (Wildman–Crippen LogP) is 8.98. The Labute approximate surface area is 307 Å². The molecule has 2 atom stereocenters. The highest BCUT2D eigenvalue weighted by Crippen LogP contribution is 2.72. The Bertz CT molecular complexity index is 2220. The monoisotopic (exact) mass is 716 g/mol. The van der Waals surface area contributed by atoms with E-state index in [2.05, 4.69) is 28.8 Å². The van der Waals surface area contributed by atoms with E-state index in [1.54, 1.807) is 11.1 Å². The number of anilines is 2. The Kier molecular flexibility index (Phi) is 7.48. The van der Waals surface area contributed by atoms with Crippen molar-refractivity contribution in [2.75, 3.05) is 23.9 Å². The Morgan fingerprint density at radius 1 is 0.962 bits per heavy atom. The third-order valence-electron chi connectivity index (χ3n) is 12.3. The third kappa shape index (κ3) is 5.51. The second kappa shape index (κ2) is 11.7. The summed E-state index contributed by atoms with van der Waals surface area (Å²) in [5.74, 6) is -1.09. The molecule has 0 spiro atoms. The van der Waals surface area contributed by atoms with Gasteiger partial charge in [0.15, 0.2) is 10.8 Å². The van der Waals surface area contributed by atoms with Gasteiger partial charge in [0.25, 0.3) is 0 Å². The van der Waals surface area contributed by atoms with Crippen LogP contribution in [0.4, 0.5) is 15.6 Å². The van der Waals surface area contributed by atoms with Crippen molar-refractivity contribution in [2.45, 2.75) is 84.3 Å². The Balaban J connectivity index is 0.999. The Hall–Kier alpha value is -4.61. The van der Waals surface area contributed by atoms with Crippen molar-refractivity contribution in [3.63, 3.8) is 0 Å². The molecule has 2 aromatic carbocycles. The van der Waals surface area contributed by atoms with Crippen LogP contribution in [0.25, 0.3) is 32.6 Å². The zero-order valence-electron chi connectivity index (χ0n) is 30.2. The predicted molar refractivity (Wildman–Crippen MR) is 203 cm³/mol. The van der Waals surface area contributed by atoms with Crippen molar-refractivity contribution in [1.82, 2.24) is 19.7 Å². The number of aromatic nitrogens is 4. The van der Waals surface area contributed by atoms with E-state index in [4.69, 9.17) is 14.8 Å². The number of carbonyl (C=O) groups is 2. The highest BCUT2D eigenvalue weighted by atomic mass is 32.1. The first-order valence-corrected chi connectivity index (χ1v) is 19.1. The normalized spacial score (nSPS) is 27.6. The second-order valence-electron chi connectivity index (χ2n) is 16.8. The molecule has 4 fully saturated rings. The summed E-state index contributed by atoms with van der Waals surface area (Å²) in [6.45, 7) is 8.28. The zero-order chi connectivity index (χ0) is 36.0. The van der Waals surface area contributed by atoms with Crippen LogP contribution in [0.15, 0.2) is 60.8 Å². The highest BCUT2D eigenvalue weighted by Gasteiger charge is 2.66. The molecule has 2 unspecified atom stereocenters. The third-order valence-corrected chi connectivity index (χ3v) is 13.3. The molecule has 10 rings (SSSR count). The lowest BCUT2D eigenvalue weighted by Crippen LogP contribution is -2.64. The van der Waals surface area contributed by atoms with Gasteiger partial charge in [0.2, 0.25) is 0 Å². The van der Waals surface area contributed by atoms with Crippen LogP contribution in [0.3, 0.4) is 0 Å². The summed E-state index contributed by atoms with van der Waals surface area (Å²) in [6.07, 6.45) is 10.3. The lowest BCUT2D eigenvalue weighted by molar-refractivity contribution is -0.239. The number of nitrogens with one attached hydrogen (secondary N) is 1. The van der Waals surface area contributed by atoms with Gasteiger partial charge in [0.05, 0.1) is 27.7 Å². The van der Waals surface area contributed by atoms with Gasteiger partial charge >= 0.3 is 12.0 Å². The number of methoxy groups -OCH3 is 1. The molecule has 0 radical (unpaired) electrons. The minimum absolute atomic E-state index is 0.0172. The Morgan fingerprint density at radius 3 is 2.50 bits per heavy atom. The maximum absolute atomic E-state index is 13.6. The highest BCUT2D eigenvalue weighted by molar-refractivity contribution is 7.22. The van der Waals surface area contributed by atoms with E-state index in [0.29, 0.717) is 22.9 Å². The molecule has 4 aliphatic carbocycles. The van der Waals surface area contributed by atoms with Crippen molar-refractivity contribution >= 4 is 44.4 Å². The fourth-order valence-electron chi connectivity index (χ4n) is 11.4. The molecule has 2 amide bonds. The van der Waals surface area contributed by atoms with Crippen molar-refractivity contribution in [3.8, 4) is 22.4 Å². The minimum Gasteiger partial charge on any atom is -0.476 e. The number of nitrogens with zero attached hydrogens (tertiary/aromatic N) is 5. The van der Waals surface area contributed by atoms with Gasteiger partial charge in [-0.25, -0.2) is 19.6 Å². The number of carboxylic acid groups (broad SMARTS) is 1.